The molecule has 1 amide bonds. The van der Waals surface area contributed by atoms with Crippen molar-refractivity contribution in [1.82, 2.24) is 5.32 Å². The van der Waals surface area contributed by atoms with Gasteiger partial charge in [0.2, 0.25) is 5.91 Å². The first kappa shape index (κ1) is 8.53. The van der Waals surface area contributed by atoms with Gasteiger partial charge in [0.15, 0.2) is 0 Å². The van der Waals surface area contributed by atoms with Crippen molar-refractivity contribution in [3.05, 3.63) is 0 Å². The van der Waals surface area contributed by atoms with Crippen molar-refractivity contribution in [3.63, 3.8) is 0 Å². The summed E-state index contributed by atoms with van der Waals surface area (Å²) in [4.78, 5) is 11.3. The molecule has 1 aliphatic rings. The molecule has 0 aromatic carbocycles. The molecule has 0 aliphatic carbocycles. The molecule has 0 aromatic heterocycles. The van der Waals surface area contributed by atoms with E-state index in [4.69, 9.17) is 5.73 Å². The molecule has 0 bridgehead atoms. The summed E-state index contributed by atoms with van der Waals surface area (Å²) < 4.78 is 0. The number of nitrogens with one attached hydrogen (secondary N) is 1. The van der Waals surface area contributed by atoms with Crippen LogP contribution in [-0.2, 0) is 4.79 Å². The lowest BCUT2D eigenvalue weighted by atomic mass is 9.82. The van der Waals surface area contributed by atoms with Crippen molar-refractivity contribution >= 4 is 5.91 Å². The van der Waals surface area contributed by atoms with Gasteiger partial charge in [-0.2, -0.15) is 0 Å². The fraction of sp³-hybridized carbons (Fsp3) is 0.875. The number of nitrogens with two attached hydrogens (primary N) is 1. The van der Waals surface area contributed by atoms with Gasteiger partial charge in [0.05, 0.1) is 5.41 Å². The minimum atomic E-state index is -0.227. The van der Waals surface area contributed by atoms with Gasteiger partial charge in [-0.15, -0.1) is 0 Å². The van der Waals surface area contributed by atoms with Crippen molar-refractivity contribution in [1.29, 1.82) is 0 Å². The summed E-state index contributed by atoms with van der Waals surface area (Å²) in [7, 11) is 0. The fourth-order valence-corrected chi connectivity index (χ4v) is 1.73. The maximum Gasteiger partial charge on any atom is 0.227 e. The summed E-state index contributed by atoms with van der Waals surface area (Å²) in [5.74, 6) is 0.154. The maximum absolute atomic E-state index is 11.3. The van der Waals surface area contributed by atoms with Crippen molar-refractivity contribution in [2.24, 2.45) is 11.1 Å². The Balaban J connectivity index is 2.65. The normalized spacial score (nSPS) is 30.5. The molecule has 3 heteroatoms. The molecule has 0 aromatic rings. The van der Waals surface area contributed by atoms with E-state index in [1.807, 2.05) is 0 Å². The van der Waals surface area contributed by atoms with Crippen LogP contribution in [0.4, 0.5) is 0 Å². The average molecular weight is 156 g/mol. The van der Waals surface area contributed by atoms with Gasteiger partial charge >= 0.3 is 0 Å². The molecule has 3 nitrogen and oxygen atoms in total. The van der Waals surface area contributed by atoms with Crippen LogP contribution in [0.5, 0.6) is 0 Å². The maximum atomic E-state index is 11.3. The predicted octanol–water partition coefficient (Wildman–Crippen LogP) is 0.251. The predicted molar refractivity (Wildman–Crippen MR) is 44.0 cm³/mol. The zero-order valence-electron chi connectivity index (χ0n) is 7.02. The quantitative estimate of drug-likeness (QED) is 0.615. The lowest BCUT2D eigenvalue weighted by Crippen LogP contribution is -2.37. The van der Waals surface area contributed by atoms with E-state index in [1.165, 1.54) is 0 Å². The van der Waals surface area contributed by atoms with E-state index < -0.39 is 0 Å². The second-order valence-corrected chi connectivity index (χ2v) is 3.24. The van der Waals surface area contributed by atoms with Crippen LogP contribution in [0.15, 0.2) is 0 Å². The first-order valence-electron chi connectivity index (χ1n) is 4.23. The summed E-state index contributed by atoms with van der Waals surface area (Å²) in [5.41, 5.74) is 5.36. The van der Waals surface area contributed by atoms with Crippen LogP contribution in [0.3, 0.4) is 0 Å². The zero-order valence-corrected chi connectivity index (χ0v) is 7.02. The van der Waals surface area contributed by atoms with E-state index in [0.29, 0.717) is 6.54 Å². The number of carbonyl (C=O) groups is 1. The molecule has 1 rings (SSSR count). The minimum Gasteiger partial charge on any atom is -0.356 e. The van der Waals surface area contributed by atoms with Gasteiger partial charge in [-0.1, -0.05) is 13.3 Å². The fourth-order valence-electron chi connectivity index (χ4n) is 1.73. The van der Waals surface area contributed by atoms with Gasteiger partial charge in [-0.05, 0) is 12.8 Å². The van der Waals surface area contributed by atoms with Crippen LogP contribution < -0.4 is 11.1 Å². The van der Waals surface area contributed by atoms with Crippen LogP contribution in [0, 0.1) is 5.41 Å². The molecule has 64 valence electrons. The highest BCUT2D eigenvalue weighted by atomic mass is 16.2. The van der Waals surface area contributed by atoms with Gasteiger partial charge in [0, 0.05) is 13.1 Å². The summed E-state index contributed by atoms with van der Waals surface area (Å²) in [5, 5.41) is 2.83. The van der Waals surface area contributed by atoms with E-state index in [-0.39, 0.29) is 11.3 Å². The van der Waals surface area contributed by atoms with E-state index in [0.717, 1.165) is 25.8 Å². The van der Waals surface area contributed by atoms with Gasteiger partial charge in [0.1, 0.15) is 0 Å². The second-order valence-electron chi connectivity index (χ2n) is 3.24. The zero-order chi connectivity index (χ0) is 8.32. The van der Waals surface area contributed by atoms with Gasteiger partial charge in [-0.25, -0.2) is 0 Å². The van der Waals surface area contributed by atoms with Crippen molar-refractivity contribution in [2.75, 3.05) is 13.1 Å². The Morgan fingerprint density at radius 1 is 1.73 bits per heavy atom. The Kier molecular flexibility index (Phi) is 2.49. The number of amides is 1. The van der Waals surface area contributed by atoms with E-state index >= 15 is 0 Å². The Labute approximate surface area is 67.3 Å². The van der Waals surface area contributed by atoms with E-state index in [9.17, 15) is 4.79 Å². The smallest absolute Gasteiger partial charge is 0.227 e. The van der Waals surface area contributed by atoms with E-state index in [1.54, 1.807) is 0 Å². The van der Waals surface area contributed by atoms with Gasteiger partial charge in [0.25, 0.3) is 0 Å². The Hall–Kier alpha value is -0.570. The first-order valence-corrected chi connectivity index (χ1v) is 4.23. The number of carbonyl (C=O) groups excluding carboxylic acids is 1. The third-order valence-corrected chi connectivity index (χ3v) is 2.49. The topological polar surface area (TPSA) is 55.1 Å². The molecule has 1 saturated heterocycles. The lowest BCUT2D eigenvalue weighted by molar-refractivity contribution is -0.127. The molecule has 3 N–H and O–H groups in total. The monoisotopic (exact) mass is 156 g/mol. The first-order chi connectivity index (χ1) is 5.25. The van der Waals surface area contributed by atoms with Crippen LogP contribution in [-0.4, -0.2) is 19.0 Å². The van der Waals surface area contributed by atoms with E-state index in [2.05, 4.69) is 12.2 Å². The highest BCUT2D eigenvalue weighted by Gasteiger charge is 2.39. The number of hydrogen-bond acceptors (Lipinski definition) is 2. The molecule has 0 radical (unpaired) electrons. The number of rotatable bonds is 3. The van der Waals surface area contributed by atoms with Gasteiger partial charge < -0.3 is 11.1 Å². The molecule has 11 heavy (non-hydrogen) atoms. The Morgan fingerprint density at radius 3 is 2.82 bits per heavy atom. The largest absolute Gasteiger partial charge is 0.356 e. The Bertz CT molecular complexity index is 158. The molecule has 1 heterocycles. The highest BCUT2D eigenvalue weighted by Crippen LogP contribution is 2.30. The molecule has 1 aliphatic heterocycles. The molecule has 1 unspecified atom stereocenters. The SMILES string of the molecule is CCCC1(CN)CCNC1=O. The lowest BCUT2D eigenvalue weighted by Gasteiger charge is -2.22. The van der Waals surface area contributed by atoms with Crippen molar-refractivity contribution < 1.29 is 4.79 Å². The minimum absolute atomic E-state index is 0.154. The van der Waals surface area contributed by atoms with Gasteiger partial charge in [-0.3, -0.25) is 4.79 Å². The molecular weight excluding hydrogens is 140 g/mol. The third kappa shape index (κ3) is 1.38. The molecule has 0 spiro atoms. The molecule has 1 atom stereocenters. The number of hydrogen-bond donors (Lipinski definition) is 2. The van der Waals surface area contributed by atoms with Crippen LogP contribution in [0.25, 0.3) is 0 Å². The van der Waals surface area contributed by atoms with Crippen molar-refractivity contribution in [3.8, 4) is 0 Å². The Morgan fingerprint density at radius 2 is 2.45 bits per heavy atom. The summed E-state index contributed by atoms with van der Waals surface area (Å²) in [6.45, 7) is 3.38. The third-order valence-electron chi connectivity index (χ3n) is 2.49. The van der Waals surface area contributed by atoms with Crippen LogP contribution in [0.2, 0.25) is 0 Å². The highest BCUT2D eigenvalue weighted by molar-refractivity contribution is 5.84. The summed E-state index contributed by atoms with van der Waals surface area (Å²) in [6, 6.07) is 0. The summed E-state index contributed by atoms with van der Waals surface area (Å²) in [6.07, 6.45) is 2.87. The molecule has 0 saturated carbocycles. The second kappa shape index (κ2) is 3.22. The van der Waals surface area contributed by atoms with Crippen LogP contribution in [0.1, 0.15) is 26.2 Å². The summed E-state index contributed by atoms with van der Waals surface area (Å²) >= 11 is 0. The standard InChI is InChI=1S/C8H16N2O/c1-2-3-8(6-9)4-5-10-7(8)11/h2-6,9H2,1H3,(H,10,11). The molecule has 1 fully saturated rings. The molecular formula is C8H16N2O. The van der Waals surface area contributed by atoms with Crippen LogP contribution >= 0.6 is 0 Å². The average Bonchev–Trinajstić information content (AvgIpc) is 2.35. The van der Waals surface area contributed by atoms with Crippen molar-refractivity contribution in [2.45, 2.75) is 26.2 Å².